The van der Waals surface area contributed by atoms with E-state index in [0.29, 0.717) is 32.2 Å². The van der Waals surface area contributed by atoms with E-state index >= 15 is 0 Å². The molecule has 188 valence electrons. The van der Waals surface area contributed by atoms with Crippen molar-refractivity contribution in [2.75, 3.05) is 45.9 Å². The molecule has 9 nitrogen and oxygen atoms in total. The van der Waals surface area contributed by atoms with Crippen LogP contribution in [0.5, 0.6) is 0 Å². The second-order valence-corrected chi connectivity index (χ2v) is 11.5. The summed E-state index contributed by atoms with van der Waals surface area (Å²) in [6.45, 7) is 19.0. The third-order valence-electron chi connectivity index (χ3n) is 6.46. The number of nitrogens with zero attached hydrogens (tertiary/aromatic N) is 4. The first-order valence-electron chi connectivity index (χ1n) is 12.1. The molecule has 0 aromatic rings. The summed E-state index contributed by atoms with van der Waals surface area (Å²) in [6.07, 6.45) is 1.32. The highest BCUT2D eigenvalue weighted by Gasteiger charge is 2.41. The fourth-order valence-electron chi connectivity index (χ4n) is 4.34. The van der Waals surface area contributed by atoms with Gasteiger partial charge in [-0.1, -0.05) is 12.1 Å². The van der Waals surface area contributed by atoms with Crippen molar-refractivity contribution in [1.29, 1.82) is 0 Å². The standard InChI is InChI=1S/C24H42N4O5/c1-17(15-29)19(16-31-23(2,3)4)20-12-21(25-33-20)28-13-18(14-28)26-8-10-27(11-9-26)22(30)32-24(5,6)7/h15,17-20H,8-14,16H2,1-7H3/t17-,19?,20?/m1/s1. The molecule has 0 aromatic carbocycles. The minimum Gasteiger partial charge on any atom is -0.444 e. The Bertz CT molecular complexity index is 715. The van der Waals surface area contributed by atoms with Crippen LogP contribution in [-0.4, -0.2) is 102 Å². The molecule has 0 aromatic heterocycles. The number of ether oxygens (including phenoxy) is 2. The number of hydrogen-bond acceptors (Lipinski definition) is 8. The SMILES string of the molecule is C[C@H](C=O)C(COC(C)(C)C)C1CC(N2CC(N3CCN(C(=O)OC(C)(C)C)CC3)C2)=NO1. The van der Waals surface area contributed by atoms with Crippen LogP contribution >= 0.6 is 0 Å². The Hall–Kier alpha value is -1.87. The summed E-state index contributed by atoms with van der Waals surface area (Å²) in [7, 11) is 0. The molecule has 1 amide bonds. The maximum Gasteiger partial charge on any atom is 0.410 e. The Morgan fingerprint density at radius 1 is 1.12 bits per heavy atom. The molecule has 9 heteroatoms. The smallest absolute Gasteiger partial charge is 0.410 e. The van der Waals surface area contributed by atoms with E-state index in [9.17, 15) is 9.59 Å². The van der Waals surface area contributed by atoms with Gasteiger partial charge in [-0.05, 0) is 41.5 Å². The maximum absolute atomic E-state index is 12.3. The number of carbonyl (C=O) groups excluding carboxylic acids is 2. The minimum atomic E-state index is -0.466. The van der Waals surface area contributed by atoms with Gasteiger partial charge in [-0.25, -0.2) is 4.79 Å². The molecule has 3 rings (SSSR count). The number of piperazine rings is 1. The molecule has 3 aliphatic heterocycles. The van der Waals surface area contributed by atoms with Gasteiger partial charge in [0.2, 0.25) is 0 Å². The molecular weight excluding hydrogens is 424 g/mol. The highest BCUT2D eigenvalue weighted by atomic mass is 16.6. The van der Waals surface area contributed by atoms with Crippen LogP contribution in [0.1, 0.15) is 54.9 Å². The summed E-state index contributed by atoms with van der Waals surface area (Å²) in [4.78, 5) is 36.0. The van der Waals surface area contributed by atoms with Gasteiger partial charge in [-0.15, -0.1) is 0 Å². The second-order valence-electron chi connectivity index (χ2n) is 11.5. The number of likely N-dealkylation sites (tertiary alicyclic amines) is 1. The van der Waals surface area contributed by atoms with Crippen molar-refractivity contribution in [1.82, 2.24) is 14.7 Å². The lowest BCUT2D eigenvalue weighted by Crippen LogP contribution is -2.64. The van der Waals surface area contributed by atoms with E-state index in [1.165, 1.54) is 0 Å². The van der Waals surface area contributed by atoms with Crippen LogP contribution in [0.4, 0.5) is 4.79 Å². The zero-order valence-corrected chi connectivity index (χ0v) is 21.4. The predicted molar refractivity (Wildman–Crippen MR) is 126 cm³/mol. The number of amidine groups is 1. The van der Waals surface area contributed by atoms with Crippen LogP contribution in [0.2, 0.25) is 0 Å². The lowest BCUT2D eigenvalue weighted by atomic mass is 9.88. The number of amides is 1. The molecule has 2 fully saturated rings. The predicted octanol–water partition coefficient (Wildman–Crippen LogP) is 2.59. The van der Waals surface area contributed by atoms with Gasteiger partial charge in [0, 0.05) is 63.6 Å². The Morgan fingerprint density at radius 3 is 2.30 bits per heavy atom. The van der Waals surface area contributed by atoms with Crippen molar-refractivity contribution in [3.8, 4) is 0 Å². The first kappa shape index (κ1) is 25.7. The fraction of sp³-hybridized carbons (Fsp3) is 0.875. The molecule has 3 atom stereocenters. The van der Waals surface area contributed by atoms with Gasteiger partial charge in [0.1, 0.15) is 23.8 Å². The zero-order chi connectivity index (χ0) is 24.4. The molecule has 33 heavy (non-hydrogen) atoms. The molecule has 0 saturated carbocycles. The summed E-state index contributed by atoms with van der Waals surface area (Å²) in [5.74, 6) is 0.779. The molecule has 3 aliphatic rings. The third-order valence-corrected chi connectivity index (χ3v) is 6.46. The molecule has 2 unspecified atom stereocenters. The quantitative estimate of drug-likeness (QED) is 0.556. The lowest BCUT2D eigenvalue weighted by Gasteiger charge is -2.48. The summed E-state index contributed by atoms with van der Waals surface area (Å²) in [5, 5.41) is 4.35. The van der Waals surface area contributed by atoms with E-state index in [1.807, 2.05) is 48.5 Å². The monoisotopic (exact) mass is 466 g/mol. The zero-order valence-electron chi connectivity index (χ0n) is 21.4. The largest absolute Gasteiger partial charge is 0.444 e. The average Bonchev–Trinajstić information content (AvgIpc) is 3.14. The summed E-state index contributed by atoms with van der Waals surface area (Å²) < 4.78 is 11.5. The highest BCUT2D eigenvalue weighted by molar-refractivity contribution is 5.84. The second kappa shape index (κ2) is 10.2. The van der Waals surface area contributed by atoms with Crippen molar-refractivity contribution in [2.45, 2.75) is 78.2 Å². The normalized spacial score (nSPS) is 24.6. The van der Waals surface area contributed by atoms with E-state index in [-0.39, 0.29) is 29.6 Å². The Balaban J connectivity index is 1.43. The van der Waals surface area contributed by atoms with Gasteiger partial charge in [-0.2, -0.15) is 0 Å². The minimum absolute atomic E-state index is 0.0269. The van der Waals surface area contributed by atoms with Gasteiger partial charge in [-0.3, -0.25) is 4.90 Å². The first-order chi connectivity index (χ1) is 15.4. The van der Waals surface area contributed by atoms with Gasteiger partial charge < -0.3 is 28.9 Å². The number of aldehydes is 1. The van der Waals surface area contributed by atoms with Crippen molar-refractivity contribution in [2.24, 2.45) is 17.0 Å². The number of rotatable bonds is 6. The van der Waals surface area contributed by atoms with Gasteiger partial charge >= 0.3 is 6.09 Å². The van der Waals surface area contributed by atoms with Crippen molar-refractivity contribution >= 4 is 18.2 Å². The lowest BCUT2D eigenvalue weighted by molar-refractivity contribution is -0.118. The van der Waals surface area contributed by atoms with E-state index in [4.69, 9.17) is 14.3 Å². The highest BCUT2D eigenvalue weighted by Crippen LogP contribution is 2.29. The summed E-state index contributed by atoms with van der Waals surface area (Å²) >= 11 is 0. The van der Waals surface area contributed by atoms with Crippen LogP contribution in [0.25, 0.3) is 0 Å². The van der Waals surface area contributed by atoms with Gasteiger partial charge in [0.25, 0.3) is 0 Å². The van der Waals surface area contributed by atoms with E-state index < -0.39 is 5.60 Å². The molecule has 2 saturated heterocycles. The number of hydrogen-bond donors (Lipinski definition) is 0. The van der Waals surface area contributed by atoms with Crippen LogP contribution in [0.15, 0.2) is 5.16 Å². The van der Waals surface area contributed by atoms with Crippen molar-refractivity contribution in [3.05, 3.63) is 0 Å². The molecule has 0 N–H and O–H groups in total. The van der Waals surface area contributed by atoms with Crippen LogP contribution in [0.3, 0.4) is 0 Å². The average molecular weight is 467 g/mol. The van der Waals surface area contributed by atoms with Gasteiger partial charge in [0.15, 0.2) is 0 Å². The third kappa shape index (κ3) is 7.06. The molecule has 0 radical (unpaired) electrons. The molecular formula is C24H42N4O5. The molecule has 0 spiro atoms. The Morgan fingerprint density at radius 2 is 1.76 bits per heavy atom. The Labute approximate surface area is 198 Å². The van der Waals surface area contributed by atoms with Crippen molar-refractivity contribution in [3.63, 3.8) is 0 Å². The van der Waals surface area contributed by atoms with Crippen LogP contribution in [-0.2, 0) is 19.1 Å². The number of carbonyl (C=O) groups is 2. The molecule has 0 aliphatic carbocycles. The van der Waals surface area contributed by atoms with E-state index in [0.717, 1.165) is 38.3 Å². The molecule has 0 bridgehead atoms. The van der Waals surface area contributed by atoms with Crippen molar-refractivity contribution < 1.29 is 23.9 Å². The number of oxime groups is 1. The van der Waals surface area contributed by atoms with Crippen LogP contribution < -0.4 is 0 Å². The summed E-state index contributed by atoms with van der Waals surface area (Å²) in [5.41, 5.74) is -0.729. The first-order valence-corrected chi connectivity index (χ1v) is 12.1. The van der Waals surface area contributed by atoms with Crippen LogP contribution in [0, 0.1) is 11.8 Å². The van der Waals surface area contributed by atoms with Gasteiger partial charge in [0.05, 0.1) is 12.2 Å². The molecule has 3 heterocycles. The maximum atomic E-state index is 12.3. The van der Waals surface area contributed by atoms with E-state index in [1.54, 1.807) is 4.90 Å². The fourth-order valence-corrected chi connectivity index (χ4v) is 4.34. The van der Waals surface area contributed by atoms with E-state index in [2.05, 4.69) is 15.0 Å². The Kier molecular flexibility index (Phi) is 7.94. The summed E-state index contributed by atoms with van der Waals surface area (Å²) in [6, 6.07) is 0.460. The topological polar surface area (TPSA) is 83.9 Å².